The van der Waals surface area contributed by atoms with Gasteiger partial charge in [-0.3, -0.25) is 0 Å². The van der Waals surface area contributed by atoms with E-state index in [1.165, 1.54) is 0 Å². The van der Waals surface area contributed by atoms with Gasteiger partial charge in [-0.15, -0.1) is 0 Å². The van der Waals surface area contributed by atoms with Crippen LogP contribution in [0.3, 0.4) is 0 Å². The van der Waals surface area contributed by atoms with Gasteiger partial charge in [-0.1, -0.05) is 65.8 Å². The van der Waals surface area contributed by atoms with Gasteiger partial charge in [0.2, 0.25) is 0 Å². The minimum absolute atomic E-state index is 0.0321. The molecule has 0 bridgehead atoms. The van der Waals surface area contributed by atoms with Gasteiger partial charge in [0.25, 0.3) is 0 Å². The van der Waals surface area contributed by atoms with E-state index >= 15 is 0 Å². The molecule has 1 heterocycles. The molecule has 3 aromatic rings. The first-order chi connectivity index (χ1) is 14.6. The summed E-state index contributed by atoms with van der Waals surface area (Å²) in [5.41, 5.74) is 5.22. The Hall–Kier alpha value is -3.81. The molecule has 0 saturated carbocycles. The first-order valence-corrected chi connectivity index (χ1v) is 9.61. The predicted molar refractivity (Wildman–Crippen MR) is 110 cm³/mol. The lowest BCUT2D eigenvalue weighted by Gasteiger charge is -2.22. The third-order valence-corrected chi connectivity index (χ3v) is 4.18. The Morgan fingerprint density at radius 1 is 0.933 bits per heavy atom. The molecule has 1 N–H and O–H groups in total. The zero-order valence-electron chi connectivity index (χ0n) is 16.8. The van der Waals surface area contributed by atoms with E-state index in [0.29, 0.717) is 17.0 Å². The van der Waals surface area contributed by atoms with Gasteiger partial charge in [0, 0.05) is 16.7 Å². The van der Waals surface area contributed by atoms with Gasteiger partial charge in [0.1, 0.15) is 5.69 Å². The maximum absolute atomic E-state index is 12.5. The summed E-state index contributed by atoms with van der Waals surface area (Å²) in [5, 5.41) is 5.29. The number of benzene rings is 2. The van der Waals surface area contributed by atoms with Crippen LogP contribution in [0.5, 0.6) is 0 Å². The number of hydrogen-bond donors (Lipinski definition) is 1. The minimum atomic E-state index is -0.760. The Balaban J connectivity index is 2.02. The second-order valence-electron chi connectivity index (χ2n) is 6.19. The maximum atomic E-state index is 12.5. The fraction of sp³-hybridized carbons (Fsp3) is 0.227. The number of ether oxygens (including phenoxy) is 2. The summed E-state index contributed by atoms with van der Waals surface area (Å²) in [6, 6.07) is 18.9. The molecule has 0 fully saturated rings. The molecule has 0 aliphatic rings. The molecular formula is C22H23N3O5. The van der Waals surface area contributed by atoms with Crippen LogP contribution in [-0.2, 0) is 16.0 Å². The van der Waals surface area contributed by atoms with E-state index in [-0.39, 0.29) is 19.8 Å². The van der Waals surface area contributed by atoms with Crippen LogP contribution < -0.4 is 5.43 Å². The zero-order valence-corrected chi connectivity index (χ0v) is 16.8. The van der Waals surface area contributed by atoms with Crippen molar-refractivity contribution in [1.29, 1.82) is 0 Å². The molecule has 1 aromatic heterocycles. The van der Waals surface area contributed by atoms with Crippen LogP contribution in [0.25, 0.3) is 22.6 Å². The zero-order chi connectivity index (χ0) is 21.3. The van der Waals surface area contributed by atoms with E-state index in [1.807, 2.05) is 60.7 Å². The number of nitrogens with one attached hydrogen (secondary N) is 1. The van der Waals surface area contributed by atoms with Crippen molar-refractivity contribution < 1.29 is 23.6 Å². The molecule has 2 aromatic carbocycles. The van der Waals surface area contributed by atoms with E-state index in [4.69, 9.17) is 14.0 Å². The normalized spacial score (nSPS) is 10.3. The fourth-order valence-electron chi connectivity index (χ4n) is 2.88. The molecule has 0 atom stereocenters. The number of hydrogen-bond acceptors (Lipinski definition) is 6. The number of carbonyl (C=O) groups is 2. The van der Waals surface area contributed by atoms with E-state index < -0.39 is 12.2 Å². The Kier molecular flexibility index (Phi) is 7.05. The highest BCUT2D eigenvalue weighted by Crippen LogP contribution is 2.33. The summed E-state index contributed by atoms with van der Waals surface area (Å²) in [6.45, 7) is 3.65. The quantitative estimate of drug-likeness (QED) is 0.597. The molecule has 0 saturated heterocycles. The topological polar surface area (TPSA) is 93.9 Å². The average molecular weight is 409 g/mol. The van der Waals surface area contributed by atoms with Crippen LogP contribution >= 0.6 is 0 Å². The number of rotatable bonds is 6. The van der Waals surface area contributed by atoms with Gasteiger partial charge in [0.15, 0.2) is 5.76 Å². The Morgan fingerprint density at radius 3 is 2.13 bits per heavy atom. The molecule has 8 nitrogen and oxygen atoms in total. The van der Waals surface area contributed by atoms with Crippen LogP contribution in [0, 0.1) is 0 Å². The van der Waals surface area contributed by atoms with Crippen LogP contribution in [0.15, 0.2) is 65.2 Å². The van der Waals surface area contributed by atoms with Gasteiger partial charge in [-0.2, -0.15) is 0 Å². The summed E-state index contributed by atoms with van der Waals surface area (Å²) in [6.07, 6.45) is -1.48. The Morgan fingerprint density at radius 2 is 1.53 bits per heavy atom. The standard InChI is InChI=1S/C22H23N3O5/c1-3-28-21(26)23-25(22(27)29-4-2)15-18-19(16-11-7-5-8-12-16)24-30-20(18)17-13-9-6-10-14-17/h5-14H,3-4,15H2,1-2H3,(H,23,26). The molecule has 156 valence electrons. The number of amides is 2. The Labute approximate surface area is 174 Å². The van der Waals surface area contributed by atoms with E-state index in [2.05, 4.69) is 10.6 Å². The third kappa shape index (κ3) is 4.96. The highest BCUT2D eigenvalue weighted by molar-refractivity contribution is 5.76. The molecular weight excluding hydrogens is 386 g/mol. The SMILES string of the molecule is CCOC(=O)NN(Cc1c(-c2ccccc2)noc1-c1ccccc1)C(=O)OCC. The van der Waals surface area contributed by atoms with Gasteiger partial charge < -0.3 is 14.0 Å². The van der Waals surface area contributed by atoms with E-state index in [0.717, 1.165) is 16.1 Å². The molecule has 8 heteroatoms. The summed E-state index contributed by atoms with van der Waals surface area (Å²) < 4.78 is 15.7. The predicted octanol–water partition coefficient (Wildman–Crippen LogP) is 4.63. The van der Waals surface area contributed by atoms with Crippen molar-refractivity contribution in [2.24, 2.45) is 0 Å². The molecule has 3 rings (SSSR count). The Bertz CT molecular complexity index is 916. The molecule has 30 heavy (non-hydrogen) atoms. The third-order valence-electron chi connectivity index (χ3n) is 4.18. The number of carbonyl (C=O) groups excluding carboxylic acids is 2. The molecule has 0 radical (unpaired) electrons. The van der Waals surface area contributed by atoms with Crippen LogP contribution in [0.1, 0.15) is 19.4 Å². The molecule has 0 unspecified atom stereocenters. The summed E-state index contributed by atoms with van der Waals surface area (Å²) in [5.74, 6) is 0.495. The van der Waals surface area contributed by atoms with Gasteiger partial charge in [0.05, 0.1) is 19.8 Å². The van der Waals surface area contributed by atoms with Crippen molar-refractivity contribution in [2.45, 2.75) is 20.4 Å². The van der Waals surface area contributed by atoms with Crippen LogP contribution in [-0.4, -0.2) is 35.6 Å². The maximum Gasteiger partial charge on any atom is 0.429 e. The second-order valence-corrected chi connectivity index (χ2v) is 6.19. The van der Waals surface area contributed by atoms with Gasteiger partial charge in [-0.05, 0) is 13.8 Å². The largest absolute Gasteiger partial charge is 0.449 e. The van der Waals surface area contributed by atoms with Gasteiger partial charge >= 0.3 is 12.2 Å². The summed E-state index contributed by atoms with van der Waals surface area (Å²) in [4.78, 5) is 24.5. The number of aromatic nitrogens is 1. The van der Waals surface area contributed by atoms with Crippen molar-refractivity contribution in [2.75, 3.05) is 13.2 Å². The van der Waals surface area contributed by atoms with Crippen molar-refractivity contribution in [3.63, 3.8) is 0 Å². The fourth-order valence-corrected chi connectivity index (χ4v) is 2.88. The lowest BCUT2D eigenvalue weighted by atomic mass is 10.0. The van der Waals surface area contributed by atoms with Crippen LogP contribution in [0.2, 0.25) is 0 Å². The van der Waals surface area contributed by atoms with Crippen LogP contribution in [0.4, 0.5) is 9.59 Å². The molecule has 0 spiro atoms. The number of nitrogens with zero attached hydrogens (tertiary/aromatic N) is 2. The molecule has 0 aliphatic heterocycles. The second kappa shape index (κ2) is 10.1. The minimum Gasteiger partial charge on any atom is -0.449 e. The van der Waals surface area contributed by atoms with Gasteiger partial charge in [-0.25, -0.2) is 20.0 Å². The highest BCUT2D eigenvalue weighted by atomic mass is 16.6. The van der Waals surface area contributed by atoms with Crippen molar-refractivity contribution >= 4 is 12.2 Å². The summed E-state index contributed by atoms with van der Waals surface area (Å²) in [7, 11) is 0. The lowest BCUT2D eigenvalue weighted by molar-refractivity contribution is 0.0712. The summed E-state index contributed by atoms with van der Waals surface area (Å²) >= 11 is 0. The first-order valence-electron chi connectivity index (χ1n) is 9.61. The smallest absolute Gasteiger partial charge is 0.429 e. The van der Waals surface area contributed by atoms with E-state index in [1.54, 1.807) is 13.8 Å². The monoisotopic (exact) mass is 409 g/mol. The highest BCUT2D eigenvalue weighted by Gasteiger charge is 2.26. The van der Waals surface area contributed by atoms with E-state index in [9.17, 15) is 9.59 Å². The molecule has 0 aliphatic carbocycles. The lowest BCUT2D eigenvalue weighted by Crippen LogP contribution is -2.46. The van der Waals surface area contributed by atoms with Crippen molar-refractivity contribution in [3.05, 3.63) is 66.2 Å². The first kappa shape index (κ1) is 20.9. The van der Waals surface area contributed by atoms with Crippen molar-refractivity contribution in [3.8, 4) is 22.6 Å². The van der Waals surface area contributed by atoms with Crippen molar-refractivity contribution in [1.82, 2.24) is 15.6 Å². The molecule has 2 amide bonds. The average Bonchev–Trinajstić information content (AvgIpc) is 3.18. The number of hydrazine groups is 1.